The molecule has 1 atom stereocenters. The maximum Gasteiger partial charge on any atom is 0.276 e. The number of aliphatic imine (C=N–C) groups is 1. The van der Waals surface area contributed by atoms with Crippen molar-refractivity contribution in [1.82, 2.24) is 4.90 Å². The summed E-state index contributed by atoms with van der Waals surface area (Å²) in [6.45, 7) is 3.46. The minimum atomic E-state index is -0.958. The normalized spacial score (nSPS) is 14.2. The quantitative estimate of drug-likeness (QED) is 0.480. The van der Waals surface area contributed by atoms with Gasteiger partial charge in [0.25, 0.3) is 5.91 Å². The monoisotopic (exact) mass is 172 g/mol. The van der Waals surface area contributed by atoms with Crippen LogP contribution >= 0.6 is 0 Å². The van der Waals surface area contributed by atoms with Crippen molar-refractivity contribution in [2.75, 3.05) is 14.1 Å². The van der Waals surface area contributed by atoms with Crippen LogP contribution in [-0.4, -0.2) is 41.9 Å². The zero-order valence-corrected chi connectivity index (χ0v) is 8.03. The predicted molar refractivity (Wildman–Crippen MR) is 48.1 cm³/mol. The van der Waals surface area contributed by atoms with E-state index in [-0.39, 0.29) is 0 Å². The van der Waals surface area contributed by atoms with E-state index >= 15 is 0 Å². The Labute approximate surface area is 72.9 Å². The molecular weight excluding hydrogens is 156 g/mol. The maximum atomic E-state index is 11.0. The lowest BCUT2D eigenvalue weighted by Gasteiger charge is -2.11. The zero-order chi connectivity index (χ0) is 9.72. The molecule has 0 fully saturated rings. The van der Waals surface area contributed by atoms with E-state index in [1.54, 1.807) is 32.8 Å². The highest BCUT2D eigenvalue weighted by Crippen LogP contribution is 1.94. The van der Waals surface area contributed by atoms with Crippen molar-refractivity contribution in [3.05, 3.63) is 0 Å². The highest BCUT2D eigenvalue weighted by molar-refractivity contribution is 5.94. The molecule has 0 spiro atoms. The smallest absolute Gasteiger partial charge is 0.276 e. The van der Waals surface area contributed by atoms with Crippen molar-refractivity contribution in [3.63, 3.8) is 0 Å². The fourth-order valence-corrected chi connectivity index (χ4v) is 0.509. The summed E-state index contributed by atoms with van der Waals surface area (Å²) in [6.07, 6.45) is -0.553. The van der Waals surface area contributed by atoms with E-state index in [2.05, 4.69) is 4.99 Å². The van der Waals surface area contributed by atoms with Gasteiger partial charge in [0.2, 0.25) is 0 Å². The van der Waals surface area contributed by atoms with Crippen molar-refractivity contribution in [1.29, 1.82) is 0 Å². The highest BCUT2D eigenvalue weighted by Gasteiger charge is 2.11. The van der Waals surface area contributed by atoms with Gasteiger partial charge in [0, 0.05) is 14.1 Å². The molecule has 4 heteroatoms. The summed E-state index contributed by atoms with van der Waals surface area (Å²) in [5.74, 6) is 0.135. The van der Waals surface area contributed by atoms with Crippen LogP contribution in [-0.2, 0) is 4.79 Å². The van der Waals surface area contributed by atoms with Crippen LogP contribution in [0.5, 0.6) is 0 Å². The molecule has 0 aromatic carbocycles. The number of nitrogens with zero attached hydrogens (tertiary/aromatic N) is 2. The Bertz CT molecular complexity index is 187. The number of aliphatic hydroxyl groups is 1. The Balaban J connectivity index is 4.23. The fraction of sp³-hybridized carbons (Fsp3) is 0.750. The van der Waals surface area contributed by atoms with Gasteiger partial charge < -0.3 is 10.0 Å². The molecule has 0 heterocycles. The van der Waals surface area contributed by atoms with Gasteiger partial charge in [-0.15, -0.1) is 0 Å². The Morgan fingerprint density at radius 2 is 2.08 bits per heavy atom. The summed E-state index contributed by atoms with van der Waals surface area (Å²) in [5.41, 5.74) is 0. The van der Waals surface area contributed by atoms with Gasteiger partial charge in [0.1, 0.15) is 11.9 Å². The molecule has 0 bridgehead atoms. The Kier molecular flexibility index (Phi) is 4.51. The first-order chi connectivity index (χ1) is 5.49. The second-order valence-corrected chi connectivity index (χ2v) is 2.82. The number of rotatable bonds is 2. The number of aliphatic hydroxyl groups excluding tert-OH is 1. The summed E-state index contributed by atoms with van der Waals surface area (Å²) in [5, 5.41) is 9.08. The third-order valence-electron chi connectivity index (χ3n) is 1.59. The minimum Gasteiger partial charge on any atom is -0.383 e. The van der Waals surface area contributed by atoms with E-state index < -0.39 is 12.0 Å². The average Bonchev–Trinajstić information content (AvgIpc) is 2.02. The third kappa shape index (κ3) is 3.48. The molecule has 12 heavy (non-hydrogen) atoms. The van der Waals surface area contributed by atoms with Crippen LogP contribution in [0.2, 0.25) is 0 Å². The molecule has 0 rings (SSSR count). The summed E-state index contributed by atoms with van der Waals surface area (Å²) in [6, 6.07) is 0. The van der Waals surface area contributed by atoms with Gasteiger partial charge in [0.05, 0.1) is 0 Å². The molecule has 70 valence electrons. The van der Waals surface area contributed by atoms with Gasteiger partial charge in [-0.25, -0.2) is 0 Å². The lowest BCUT2D eigenvalue weighted by atomic mass is 10.3. The fourth-order valence-electron chi connectivity index (χ4n) is 0.509. The van der Waals surface area contributed by atoms with Crippen LogP contribution in [0.25, 0.3) is 0 Å². The average molecular weight is 172 g/mol. The van der Waals surface area contributed by atoms with Gasteiger partial charge in [-0.3, -0.25) is 4.79 Å². The molecule has 0 aromatic heterocycles. The van der Waals surface area contributed by atoms with Crippen LogP contribution in [0.4, 0.5) is 0 Å². The molecule has 1 N–H and O–H groups in total. The van der Waals surface area contributed by atoms with E-state index in [9.17, 15) is 4.79 Å². The number of carbonyl (C=O) groups is 1. The first kappa shape index (κ1) is 11.1. The van der Waals surface area contributed by atoms with Gasteiger partial charge in [-0.2, -0.15) is 4.99 Å². The summed E-state index contributed by atoms with van der Waals surface area (Å²) in [7, 11) is 3.59. The molecule has 0 radical (unpaired) electrons. The molecule has 1 amide bonds. The number of hydrogen-bond donors (Lipinski definition) is 1. The van der Waals surface area contributed by atoms with Gasteiger partial charge in [-0.05, 0) is 13.3 Å². The Hall–Kier alpha value is -0.900. The van der Waals surface area contributed by atoms with E-state index in [1.807, 2.05) is 0 Å². The highest BCUT2D eigenvalue weighted by atomic mass is 16.3. The largest absolute Gasteiger partial charge is 0.383 e. The van der Waals surface area contributed by atoms with Crippen molar-refractivity contribution in [2.24, 2.45) is 4.99 Å². The third-order valence-corrected chi connectivity index (χ3v) is 1.59. The van der Waals surface area contributed by atoms with E-state index in [0.717, 1.165) is 0 Å². The topological polar surface area (TPSA) is 52.9 Å². The molecule has 0 saturated heterocycles. The number of carbonyl (C=O) groups excluding carboxylic acids is 1. The van der Waals surface area contributed by atoms with E-state index in [1.165, 1.54) is 0 Å². The molecule has 4 nitrogen and oxygen atoms in total. The van der Waals surface area contributed by atoms with Gasteiger partial charge in [-0.1, -0.05) is 6.92 Å². The van der Waals surface area contributed by atoms with Crippen LogP contribution in [0.1, 0.15) is 20.3 Å². The number of hydrogen-bond acceptors (Lipinski definition) is 2. The van der Waals surface area contributed by atoms with Crippen LogP contribution in [0.3, 0.4) is 0 Å². The molecule has 1 unspecified atom stereocenters. The van der Waals surface area contributed by atoms with E-state index in [4.69, 9.17) is 5.11 Å². The molecule has 0 saturated carbocycles. The van der Waals surface area contributed by atoms with Gasteiger partial charge in [0.15, 0.2) is 0 Å². The number of amides is 1. The predicted octanol–water partition coefficient (Wildman–Crippen LogP) is 0.264. The molecule has 0 aliphatic rings. The summed E-state index contributed by atoms with van der Waals surface area (Å²) < 4.78 is 0. The Morgan fingerprint density at radius 3 is 2.42 bits per heavy atom. The van der Waals surface area contributed by atoms with E-state index in [0.29, 0.717) is 12.3 Å². The van der Waals surface area contributed by atoms with Crippen molar-refractivity contribution in [3.8, 4) is 0 Å². The summed E-state index contributed by atoms with van der Waals surface area (Å²) in [4.78, 5) is 16.4. The lowest BCUT2D eigenvalue weighted by molar-refractivity contribution is -0.125. The van der Waals surface area contributed by atoms with Crippen molar-refractivity contribution in [2.45, 2.75) is 26.4 Å². The SMILES string of the molecule is CCC(O)C(=O)N=C(C)N(C)C. The first-order valence-corrected chi connectivity index (χ1v) is 3.93. The second kappa shape index (κ2) is 4.87. The Morgan fingerprint density at radius 1 is 1.58 bits per heavy atom. The zero-order valence-electron chi connectivity index (χ0n) is 8.03. The second-order valence-electron chi connectivity index (χ2n) is 2.82. The number of amidine groups is 1. The van der Waals surface area contributed by atoms with Crippen molar-refractivity contribution >= 4 is 11.7 Å². The minimum absolute atomic E-state index is 0.406. The molecule has 0 aliphatic heterocycles. The molecular formula is C8H16N2O2. The summed E-state index contributed by atoms with van der Waals surface area (Å²) >= 11 is 0. The van der Waals surface area contributed by atoms with Crippen molar-refractivity contribution < 1.29 is 9.90 Å². The molecule has 0 aromatic rings. The lowest BCUT2D eigenvalue weighted by Crippen LogP contribution is -2.24. The standard InChI is InChI=1S/C8H16N2O2/c1-5-7(11)8(12)9-6(2)10(3)4/h7,11H,5H2,1-4H3. The maximum absolute atomic E-state index is 11.0. The molecule has 0 aliphatic carbocycles. The van der Waals surface area contributed by atoms with Gasteiger partial charge >= 0.3 is 0 Å². The first-order valence-electron chi connectivity index (χ1n) is 3.93. The van der Waals surface area contributed by atoms with Crippen LogP contribution in [0, 0.1) is 0 Å². The van der Waals surface area contributed by atoms with Crippen LogP contribution < -0.4 is 0 Å². The van der Waals surface area contributed by atoms with Crippen LogP contribution in [0.15, 0.2) is 4.99 Å².